The summed E-state index contributed by atoms with van der Waals surface area (Å²) in [5.41, 5.74) is 0.991. The maximum Gasteiger partial charge on any atom is 0.321 e. The van der Waals surface area contributed by atoms with Gasteiger partial charge in [-0.05, 0) is 55.6 Å². The van der Waals surface area contributed by atoms with E-state index in [-0.39, 0.29) is 6.01 Å². The van der Waals surface area contributed by atoms with Gasteiger partial charge in [-0.25, -0.2) is 9.97 Å². The molecule has 1 aromatic carbocycles. The number of halogens is 3. The van der Waals surface area contributed by atoms with Crippen molar-refractivity contribution in [2.24, 2.45) is 0 Å². The molecule has 0 spiro atoms. The first-order chi connectivity index (χ1) is 8.63. The van der Waals surface area contributed by atoms with Gasteiger partial charge in [0.15, 0.2) is 0 Å². The highest BCUT2D eigenvalue weighted by Crippen LogP contribution is 2.23. The predicted molar refractivity (Wildman–Crippen MR) is 79.4 cm³/mol. The van der Waals surface area contributed by atoms with E-state index in [1.54, 1.807) is 0 Å². The Kier molecular flexibility index (Phi) is 4.74. The topological polar surface area (TPSA) is 35.0 Å². The summed E-state index contributed by atoms with van der Waals surface area (Å²) < 4.78 is 6.37. The molecule has 18 heavy (non-hydrogen) atoms. The molecule has 0 aliphatic carbocycles. The van der Waals surface area contributed by atoms with E-state index in [0.29, 0.717) is 10.8 Å². The minimum Gasteiger partial charge on any atom is -0.424 e. The van der Waals surface area contributed by atoms with Gasteiger partial charge in [-0.1, -0.05) is 23.7 Å². The van der Waals surface area contributed by atoms with Crippen LogP contribution in [0.15, 0.2) is 40.1 Å². The molecule has 2 rings (SSSR count). The molecule has 1 heterocycles. The molecule has 0 amide bonds. The van der Waals surface area contributed by atoms with Crippen LogP contribution in [0.25, 0.3) is 6.08 Å². The average Bonchev–Trinajstić information content (AvgIpc) is 2.32. The molecule has 0 bridgehead atoms. The van der Waals surface area contributed by atoms with Crippen LogP contribution in [0.2, 0.25) is 5.02 Å². The lowest BCUT2D eigenvalue weighted by molar-refractivity contribution is 0.441. The van der Waals surface area contributed by atoms with Gasteiger partial charge >= 0.3 is 6.01 Å². The third-order valence-electron chi connectivity index (χ3n) is 1.94. The minimum absolute atomic E-state index is 0.262. The van der Waals surface area contributed by atoms with Crippen molar-refractivity contribution in [3.05, 3.63) is 50.6 Å². The van der Waals surface area contributed by atoms with Crippen molar-refractivity contribution in [1.82, 2.24) is 9.97 Å². The molecule has 0 saturated heterocycles. The van der Waals surface area contributed by atoms with Gasteiger partial charge in [0, 0.05) is 0 Å². The second-order valence-corrected chi connectivity index (χ2v) is 6.50. The van der Waals surface area contributed by atoms with E-state index in [2.05, 4.69) is 41.8 Å². The van der Waals surface area contributed by atoms with E-state index in [4.69, 9.17) is 16.3 Å². The first-order valence-electron chi connectivity index (χ1n) is 4.91. The van der Waals surface area contributed by atoms with Crippen molar-refractivity contribution in [2.45, 2.75) is 0 Å². The van der Waals surface area contributed by atoms with Crippen molar-refractivity contribution in [1.29, 1.82) is 0 Å². The second kappa shape index (κ2) is 6.31. The summed E-state index contributed by atoms with van der Waals surface area (Å²) in [7, 11) is 0. The molecule has 0 atom stereocenters. The van der Waals surface area contributed by atoms with Gasteiger partial charge in [0.1, 0.15) is 5.75 Å². The molecule has 0 aliphatic heterocycles. The zero-order valence-corrected chi connectivity index (χ0v) is 12.9. The lowest BCUT2D eigenvalue weighted by atomic mass is 10.2. The first-order valence-corrected chi connectivity index (χ1v) is 6.88. The SMILES string of the molecule is Clc1cnc(Oc2cccc(C=C(Br)Br)c2)nc1. The molecule has 2 aromatic rings. The van der Waals surface area contributed by atoms with Crippen molar-refractivity contribution < 1.29 is 4.74 Å². The van der Waals surface area contributed by atoms with Gasteiger partial charge in [0.2, 0.25) is 0 Å². The van der Waals surface area contributed by atoms with Crippen LogP contribution in [0.4, 0.5) is 0 Å². The molecular formula is C12H7Br2ClN2O. The van der Waals surface area contributed by atoms with Gasteiger partial charge in [-0.2, -0.15) is 0 Å². The van der Waals surface area contributed by atoms with E-state index in [1.807, 2.05) is 30.3 Å². The van der Waals surface area contributed by atoms with Crippen LogP contribution < -0.4 is 4.74 Å². The Balaban J connectivity index is 2.19. The summed E-state index contributed by atoms with van der Waals surface area (Å²) in [5, 5.41) is 0.474. The van der Waals surface area contributed by atoms with E-state index in [0.717, 1.165) is 8.96 Å². The molecule has 0 aliphatic rings. The molecule has 92 valence electrons. The Labute approximate surface area is 126 Å². The molecule has 0 saturated carbocycles. The Morgan fingerprint density at radius 3 is 2.61 bits per heavy atom. The Hall–Kier alpha value is -0.910. The van der Waals surface area contributed by atoms with Crippen LogP contribution in [-0.2, 0) is 0 Å². The lowest BCUT2D eigenvalue weighted by Crippen LogP contribution is -1.90. The quantitative estimate of drug-likeness (QED) is 0.739. The number of rotatable bonds is 3. The minimum atomic E-state index is 0.262. The highest BCUT2D eigenvalue weighted by atomic mass is 79.9. The fourth-order valence-corrected chi connectivity index (χ4v) is 1.88. The fourth-order valence-electron chi connectivity index (χ4n) is 1.25. The number of hydrogen-bond donors (Lipinski definition) is 0. The number of hydrogen-bond acceptors (Lipinski definition) is 3. The van der Waals surface area contributed by atoms with E-state index >= 15 is 0 Å². The van der Waals surface area contributed by atoms with E-state index in [1.165, 1.54) is 12.4 Å². The summed E-state index contributed by atoms with van der Waals surface area (Å²) in [6.07, 6.45) is 4.89. The van der Waals surface area contributed by atoms with E-state index < -0.39 is 0 Å². The highest BCUT2D eigenvalue weighted by molar-refractivity contribution is 9.28. The number of ether oxygens (including phenoxy) is 1. The molecule has 0 fully saturated rings. The van der Waals surface area contributed by atoms with Crippen molar-refractivity contribution >= 4 is 49.5 Å². The molecule has 0 unspecified atom stereocenters. The molecule has 0 radical (unpaired) electrons. The Morgan fingerprint density at radius 2 is 1.94 bits per heavy atom. The second-order valence-electron chi connectivity index (χ2n) is 3.29. The third kappa shape index (κ3) is 4.08. The zero-order valence-electron chi connectivity index (χ0n) is 8.98. The number of benzene rings is 1. The van der Waals surface area contributed by atoms with Gasteiger partial charge in [-0.3, -0.25) is 0 Å². The fraction of sp³-hybridized carbons (Fsp3) is 0. The van der Waals surface area contributed by atoms with Crippen LogP contribution in [-0.4, -0.2) is 9.97 Å². The lowest BCUT2D eigenvalue weighted by Gasteiger charge is -2.04. The van der Waals surface area contributed by atoms with Crippen LogP contribution in [0.5, 0.6) is 11.8 Å². The molecular weight excluding hydrogens is 383 g/mol. The average molecular weight is 390 g/mol. The maximum absolute atomic E-state index is 5.70. The van der Waals surface area contributed by atoms with Crippen LogP contribution >= 0.6 is 43.5 Å². The van der Waals surface area contributed by atoms with Crippen LogP contribution in [0.1, 0.15) is 5.56 Å². The predicted octanol–water partition coefficient (Wildman–Crippen LogP) is 5.01. The largest absolute Gasteiger partial charge is 0.424 e. The summed E-state index contributed by atoms with van der Waals surface area (Å²) in [4.78, 5) is 7.93. The Bertz CT molecular complexity index is 569. The summed E-state index contributed by atoms with van der Waals surface area (Å²) in [6.45, 7) is 0. The van der Waals surface area contributed by atoms with E-state index in [9.17, 15) is 0 Å². The van der Waals surface area contributed by atoms with Crippen LogP contribution in [0.3, 0.4) is 0 Å². The molecule has 0 N–H and O–H groups in total. The first kappa shape index (κ1) is 13.5. The molecule has 3 nitrogen and oxygen atoms in total. The zero-order chi connectivity index (χ0) is 13.0. The van der Waals surface area contributed by atoms with Crippen LogP contribution in [0, 0.1) is 0 Å². The number of nitrogens with zero attached hydrogens (tertiary/aromatic N) is 2. The number of aromatic nitrogens is 2. The smallest absolute Gasteiger partial charge is 0.321 e. The summed E-state index contributed by atoms with van der Waals surface area (Å²) in [5.74, 6) is 0.660. The maximum atomic E-state index is 5.70. The van der Waals surface area contributed by atoms with Crippen molar-refractivity contribution in [3.8, 4) is 11.8 Å². The normalized spacial score (nSPS) is 9.94. The monoisotopic (exact) mass is 388 g/mol. The summed E-state index contributed by atoms with van der Waals surface area (Å²) >= 11 is 12.3. The van der Waals surface area contributed by atoms with Gasteiger partial charge < -0.3 is 4.74 Å². The van der Waals surface area contributed by atoms with Gasteiger partial charge in [0.25, 0.3) is 0 Å². The van der Waals surface area contributed by atoms with Crippen molar-refractivity contribution in [3.63, 3.8) is 0 Å². The van der Waals surface area contributed by atoms with Gasteiger partial charge in [0.05, 0.1) is 20.8 Å². The molecule has 6 heteroatoms. The molecule has 1 aromatic heterocycles. The summed E-state index contributed by atoms with van der Waals surface area (Å²) in [6, 6.07) is 7.81. The third-order valence-corrected chi connectivity index (χ3v) is 2.59. The highest BCUT2D eigenvalue weighted by Gasteiger charge is 2.01. The Morgan fingerprint density at radius 1 is 1.22 bits per heavy atom. The van der Waals surface area contributed by atoms with Crippen molar-refractivity contribution in [2.75, 3.05) is 0 Å². The van der Waals surface area contributed by atoms with Gasteiger partial charge in [-0.15, -0.1) is 0 Å². The standard InChI is InChI=1S/C12H7Br2ClN2O/c13-11(14)5-8-2-1-3-10(4-8)18-12-16-6-9(15)7-17-12/h1-7H.